The Morgan fingerprint density at radius 1 is 0.885 bits per heavy atom. The average Bonchev–Trinajstić information content (AvgIpc) is 2.67. The number of hydrogen-bond acceptors (Lipinski definition) is 5. The van der Waals surface area contributed by atoms with Gasteiger partial charge in [0.2, 0.25) is 0 Å². The summed E-state index contributed by atoms with van der Waals surface area (Å²) in [7, 11) is 1.86. The fraction of sp³-hybridized carbons (Fsp3) is 1.00. The highest BCUT2D eigenvalue weighted by Crippen LogP contribution is 2.32. The van der Waals surface area contributed by atoms with Gasteiger partial charge in [-0.05, 0) is 88.6 Å². The van der Waals surface area contributed by atoms with Crippen LogP contribution in [0.5, 0.6) is 0 Å². The van der Waals surface area contributed by atoms with Crippen LogP contribution >= 0.6 is 0 Å². The van der Waals surface area contributed by atoms with Gasteiger partial charge < -0.3 is 9.64 Å². The molecule has 0 unspecified atom stereocenters. The molecule has 5 nitrogen and oxygen atoms in total. The van der Waals surface area contributed by atoms with Crippen LogP contribution in [0, 0.1) is 17.8 Å². The Morgan fingerprint density at radius 2 is 1.58 bits per heavy atom. The van der Waals surface area contributed by atoms with E-state index in [-0.39, 0.29) is 0 Å². The zero-order chi connectivity index (χ0) is 17.8. The third-order valence-corrected chi connectivity index (χ3v) is 7.60. The molecule has 2 heterocycles. The van der Waals surface area contributed by atoms with Gasteiger partial charge in [-0.25, -0.2) is 0 Å². The largest absolute Gasteiger partial charge is 0.381 e. The van der Waals surface area contributed by atoms with Crippen molar-refractivity contribution in [3.8, 4) is 0 Å². The summed E-state index contributed by atoms with van der Waals surface area (Å²) in [5.41, 5.74) is 0. The quantitative estimate of drug-likeness (QED) is 0.674. The topological polar surface area (TPSA) is 48.6 Å². The van der Waals surface area contributed by atoms with E-state index in [1.54, 1.807) is 0 Å². The number of methoxy groups -OCH3 is 1. The van der Waals surface area contributed by atoms with Crippen LogP contribution in [0.25, 0.3) is 0 Å². The van der Waals surface area contributed by atoms with Gasteiger partial charge in [-0.2, -0.15) is 0 Å². The molecule has 2 saturated carbocycles. The highest BCUT2D eigenvalue weighted by atomic mass is 16.5. The Bertz CT molecular complexity index is 406. The van der Waals surface area contributed by atoms with Gasteiger partial charge in [-0.1, -0.05) is 0 Å². The van der Waals surface area contributed by atoms with Crippen LogP contribution in [0.2, 0.25) is 0 Å². The summed E-state index contributed by atoms with van der Waals surface area (Å²) in [6.07, 6.45) is 13.0. The average molecular weight is 365 g/mol. The molecule has 2 aliphatic heterocycles. The van der Waals surface area contributed by atoms with Gasteiger partial charge in [0, 0.05) is 32.8 Å². The van der Waals surface area contributed by atoms with E-state index in [0.717, 1.165) is 30.8 Å². The second-order valence-corrected chi connectivity index (χ2v) is 9.32. The van der Waals surface area contributed by atoms with Crippen molar-refractivity contribution in [2.24, 2.45) is 17.8 Å². The maximum atomic E-state index is 5.52. The van der Waals surface area contributed by atoms with Crippen LogP contribution in [0.4, 0.5) is 0 Å². The lowest BCUT2D eigenvalue weighted by molar-refractivity contribution is 0.0413. The second-order valence-electron chi connectivity index (χ2n) is 9.32. The molecule has 0 aromatic heterocycles. The van der Waals surface area contributed by atoms with E-state index in [9.17, 15) is 0 Å². The predicted molar refractivity (Wildman–Crippen MR) is 106 cm³/mol. The molecule has 0 radical (unpaired) electrons. The Kier molecular flexibility index (Phi) is 6.87. The Labute approximate surface area is 160 Å². The second kappa shape index (κ2) is 9.33. The van der Waals surface area contributed by atoms with Gasteiger partial charge in [-0.15, -0.1) is 0 Å². The van der Waals surface area contributed by atoms with E-state index in [4.69, 9.17) is 4.74 Å². The van der Waals surface area contributed by atoms with Crippen LogP contribution in [-0.2, 0) is 4.74 Å². The first kappa shape index (κ1) is 19.1. The SMILES string of the molecule is COC1CCC(C2CNC(NC3CCC(CN4CCC4)CC3)NC2)CC1. The maximum absolute atomic E-state index is 5.52. The van der Waals surface area contributed by atoms with Crippen molar-refractivity contribution in [2.45, 2.75) is 76.2 Å². The van der Waals surface area contributed by atoms with Crippen LogP contribution in [0.3, 0.4) is 0 Å². The van der Waals surface area contributed by atoms with Crippen LogP contribution in [-0.4, -0.2) is 63.2 Å². The van der Waals surface area contributed by atoms with E-state index in [2.05, 4.69) is 20.9 Å². The first-order chi connectivity index (χ1) is 12.8. The molecule has 0 amide bonds. The van der Waals surface area contributed by atoms with Crippen molar-refractivity contribution < 1.29 is 4.74 Å². The van der Waals surface area contributed by atoms with Crippen molar-refractivity contribution in [2.75, 3.05) is 39.8 Å². The predicted octanol–water partition coefficient (Wildman–Crippen LogP) is 2.14. The molecular weight excluding hydrogens is 324 g/mol. The van der Waals surface area contributed by atoms with Crippen molar-refractivity contribution in [3.63, 3.8) is 0 Å². The molecule has 4 rings (SSSR count). The van der Waals surface area contributed by atoms with E-state index in [0.29, 0.717) is 18.4 Å². The molecular formula is C21H40N4O. The minimum atomic E-state index is 0.318. The minimum absolute atomic E-state index is 0.318. The van der Waals surface area contributed by atoms with Crippen molar-refractivity contribution >= 4 is 0 Å². The molecule has 26 heavy (non-hydrogen) atoms. The van der Waals surface area contributed by atoms with E-state index < -0.39 is 0 Å². The summed E-state index contributed by atoms with van der Waals surface area (Å²) in [5.74, 6) is 2.62. The third kappa shape index (κ3) is 4.99. The molecule has 0 aromatic carbocycles. The van der Waals surface area contributed by atoms with Crippen molar-refractivity contribution in [1.82, 2.24) is 20.9 Å². The molecule has 4 aliphatic rings. The van der Waals surface area contributed by atoms with Crippen LogP contribution in [0.1, 0.15) is 57.8 Å². The van der Waals surface area contributed by atoms with E-state index >= 15 is 0 Å². The minimum Gasteiger partial charge on any atom is -0.381 e. The fourth-order valence-corrected chi connectivity index (χ4v) is 5.61. The number of hydrogen-bond donors (Lipinski definition) is 3. The number of nitrogens with one attached hydrogen (secondary N) is 3. The summed E-state index contributed by atoms with van der Waals surface area (Å²) in [6.45, 7) is 6.39. The lowest BCUT2D eigenvalue weighted by Gasteiger charge is -2.41. The molecule has 0 spiro atoms. The van der Waals surface area contributed by atoms with Gasteiger partial charge in [0.1, 0.15) is 6.29 Å². The molecule has 0 atom stereocenters. The molecule has 2 saturated heterocycles. The van der Waals surface area contributed by atoms with Gasteiger partial charge in [0.25, 0.3) is 0 Å². The summed E-state index contributed by atoms with van der Waals surface area (Å²) in [6, 6.07) is 0.696. The van der Waals surface area contributed by atoms with Gasteiger partial charge >= 0.3 is 0 Å². The number of likely N-dealkylation sites (tertiary alicyclic amines) is 1. The number of ether oxygens (including phenoxy) is 1. The summed E-state index contributed by atoms with van der Waals surface area (Å²) in [4.78, 5) is 2.64. The van der Waals surface area contributed by atoms with Crippen LogP contribution < -0.4 is 16.0 Å². The molecule has 3 N–H and O–H groups in total. The standard InChI is InChI=1S/C21H40N4O/c1-26-20-9-5-17(6-10-20)18-13-22-21(23-14-18)24-19-7-3-16(4-8-19)15-25-11-2-12-25/h16-24H,2-15H2,1H3. The molecule has 0 bridgehead atoms. The molecule has 150 valence electrons. The summed E-state index contributed by atoms with van der Waals surface area (Å²) in [5, 5.41) is 11.3. The third-order valence-electron chi connectivity index (χ3n) is 7.60. The lowest BCUT2D eigenvalue weighted by atomic mass is 9.78. The highest BCUT2D eigenvalue weighted by Gasteiger charge is 2.32. The zero-order valence-corrected chi connectivity index (χ0v) is 16.7. The zero-order valence-electron chi connectivity index (χ0n) is 16.7. The monoisotopic (exact) mass is 364 g/mol. The van der Waals surface area contributed by atoms with Gasteiger partial charge in [0.05, 0.1) is 6.10 Å². The van der Waals surface area contributed by atoms with Gasteiger partial charge in [0.15, 0.2) is 0 Å². The summed E-state index contributed by atoms with van der Waals surface area (Å²) < 4.78 is 5.52. The Hall–Kier alpha value is -0.200. The van der Waals surface area contributed by atoms with E-state index in [1.165, 1.54) is 77.4 Å². The van der Waals surface area contributed by atoms with E-state index in [1.807, 2.05) is 7.11 Å². The Balaban J connectivity index is 1.11. The summed E-state index contributed by atoms with van der Waals surface area (Å²) >= 11 is 0. The number of nitrogens with zero attached hydrogens (tertiary/aromatic N) is 1. The first-order valence-electron chi connectivity index (χ1n) is 11.3. The molecule has 0 aromatic rings. The molecule has 2 aliphatic carbocycles. The fourth-order valence-electron chi connectivity index (χ4n) is 5.61. The Morgan fingerprint density at radius 3 is 2.15 bits per heavy atom. The smallest absolute Gasteiger partial charge is 0.112 e. The normalized spacial score (nSPS) is 42.3. The van der Waals surface area contributed by atoms with Crippen molar-refractivity contribution in [3.05, 3.63) is 0 Å². The van der Waals surface area contributed by atoms with Crippen LogP contribution in [0.15, 0.2) is 0 Å². The number of rotatable bonds is 6. The maximum Gasteiger partial charge on any atom is 0.112 e. The molecule has 4 fully saturated rings. The molecule has 5 heteroatoms. The lowest BCUT2D eigenvalue weighted by Crippen LogP contribution is -2.63. The van der Waals surface area contributed by atoms with Gasteiger partial charge in [-0.3, -0.25) is 16.0 Å². The highest BCUT2D eigenvalue weighted by molar-refractivity contribution is 4.87. The van der Waals surface area contributed by atoms with Crippen molar-refractivity contribution in [1.29, 1.82) is 0 Å². The first-order valence-corrected chi connectivity index (χ1v) is 11.3.